The number of allylic oxidation sites excluding steroid dienone is 2. The molecule has 2 amide bonds. The van der Waals surface area contributed by atoms with E-state index in [0.29, 0.717) is 6.54 Å². The first-order valence-electron chi connectivity index (χ1n) is 10.1. The second-order valence-corrected chi connectivity index (χ2v) is 7.61. The summed E-state index contributed by atoms with van der Waals surface area (Å²) in [6.45, 7) is 4.38. The van der Waals surface area contributed by atoms with Crippen molar-refractivity contribution >= 4 is 22.8 Å². The molecule has 7 heteroatoms. The molecule has 0 atom stereocenters. The van der Waals surface area contributed by atoms with Crippen LogP contribution in [0, 0.1) is 0 Å². The highest BCUT2D eigenvalue weighted by atomic mass is 32.2. The van der Waals surface area contributed by atoms with Gasteiger partial charge in [0.2, 0.25) is 0 Å². The Morgan fingerprint density at radius 3 is 2.35 bits per heavy atom. The lowest BCUT2D eigenvalue weighted by Crippen LogP contribution is -2.36. The molecule has 26 heavy (non-hydrogen) atoms. The number of hydrogen-bond donors (Lipinski definition) is 2. The molecule has 6 nitrogen and oxygen atoms in total. The fraction of sp³-hybridized carbons (Fsp3) is 0.789. The van der Waals surface area contributed by atoms with Crippen LogP contribution >= 0.6 is 11.8 Å². The standard InChI is InChI=1S/C19H35N5OS/c1-2-3-11-14-20-19(25)21-15-12-9-7-5-4-6-8-10-13-16-26-18-17-22-24-23-18/h4-5H,2-3,6-17H2,1H3,(H2,20,21,25)/b5-4-. The van der Waals surface area contributed by atoms with Gasteiger partial charge in [0.15, 0.2) is 0 Å². The van der Waals surface area contributed by atoms with Crippen molar-refractivity contribution in [3.63, 3.8) is 0 Å². The summed E-state index contributed by atoms with van der Waals surface area (Å²) in [4.78, 5) is 11.5. The van der Waals surface area contributed by atoms with E-state index in [1.165, 1.54) is 32.1 Å². The van der Waals surface area contributed by atoms with Gasteiger partial charge in [0.25, 0.3) is 0 Å². The van der Waals surface area contributed by atoms with Crippen molar-refractivity contribution in [2.75, 3.05) is 25.4 Å². The van der Waals surface area contributed by atoms with Crippen molar-refractivity contribution in [2.24, 2.45) is 15.4 Å². The van der Waals surface area contributed by atoms with E-state index in [-0.39, 0.29) is 6.03 Å². The molecule has 1 rings (SSSR count). The lowest BCUT2D eigenvalue weighted by atomic mass is 10.1. The maximum Gasteiger partial charge on any atom is 0.314 e. The summed E-state index contributed by atoms with van der Waals surface area (Å²) in [6, 6.07) is -0.0291. The van der Waals surface area contributed by atoms with Gasteiger partial charge in [-0.25, -0.2) is 4.79 Å². The second-order valence-electron chi connectivity index (χ2n) is 6.44. The number of nitrogens with one attached hydrogen (secondary N) is 2. The third-order valence-corrected chi connectivity index (χ3v) is 5.06. The Morgan fingerprint density at radius 1 is 1.00 bits per heavy atom. The quantitative estimate of drug-likeness (QED) is 0.299. The topological polar surface area (TPSA) is 78.2 Å². The maximum absolute atomic E-state index is 11.5. The van der Waals surface area contributed by atoms with Gasteiger partial charge in [-0.15, -0.1) is 16.9 Å². The van der Waals surface area contributed by atoms with Gasteiger partial charge in [-0.1, -0.05) is 38.3 Å². The summed E-state index contributed by atoms with van der Waals surface area (Å²) in [5.74, 6) is 1.12. The molecule has 148 valence electrons. The third-order valence-electron chi connectivity index (χ3n) is 4.02. The zero-order valence-corrected chi connectivity index (χ0v) is 17.0. The fourth-order valence-electron chi connectivity index (χ4n) is 2.47. The highest BCUT2D eigenvalue weighted by Crippen LogP contribution is 2.13. The fourth-order valence-corrected chi connectivity index (χ4v) is 3.30. The van der Waals surface area contributed by atoms with E-state index < -0.39 is 0 Å². The van der Waals surface area contributed by atoms with Gasteiger partial charge in [0.1, 0.15) is 11.6 Å². The van der Waals surface area contributed by atoms with Crippen LogP contribution in [0.5, 0.6) is 0 Å². The average Bonchev–Trinajstić information content (AvgIpc) is 3.16. The molecular formula is C19H35N5OS. The van der Waals surface area contributed by atoms with E-state index in [4.69, 9.17) is 0 Å². The van der Waals surface area contributed by atoms with E-state index in [1.807, 2.05) is 0 Å². The van der Waals surface area contributed by atoms with E-state index >= 15 is 0 Å². The van der Waals surface area contributed by atoms with Gasteiger partial charge < -0.3 is 10.6 Å². The minimum Gasteiger partial charge on any atom is -0.338 e. The van der Waals surface area contributed by atoms with Crippen LogP contribution in [-0.4, -0.2) is 36.5 Å². The SMILES string of the molecule is CCCCCNC(=O)NCCCC/C=C\CCCCCSC1=NN=NC1. The molecule has 0 bridgehead atoms. The van der Waals surface area contributed by atoms with Crippen LogP contribution in [0.15, 0.2) is 27.6 Å². The minimum atomic E-state index is -0.0291. The molecule has 1 heterocycles. The summed E-state index contributed by atoms with van der Waals surface area (Å²) in [5.41, 5.74) is 0. The number of carbonyl (C=O) groups is 1. The highest BCUT2D eigenvalue weighted by Gasteiger charge is 2.03. The van der Waals surface area contributed by atoms with E-state index in [9.17, 15) is 4.79 Å². The summed E-state index contributed by atoms with van der Waals surface area (Å²) >= 11 is 1.78. The zero-order valence-electron chi connectivity index (χ0n) is 16.2. The third kappa shape index (κ3) is 13.9. The van der Waals surface area contributed by atoms with Crippen LogP contribution < -0.4 is 10.6 Å². The number of rotatable bonds is 15. The van der Waals surface area contributed by atoms with Gasteiger partial charge >= 0.3 is 6.03 Å². The molecule has 0 aromatic rings. The van der Waals surface area contributed by atoms with Crippen LogP contribution in [0.1, 0.15) is 71.1 Å². The Morgan fingerprint density at radius 2 is 1.69 bits per heavy atom. The molecule has 0 aliphatic carbocycles. The van der Waals surface area contributed by atoms with Crippen molar-refractivity contribution in [3.05, 3.63) is 12.2 Å². The van der Waals surface area contributed by atoms with Crippen molar-refractivity contribution < 1.29 is 4.79 Å². The Kier molecular flexibility index (Phi) is 14.9. The van der Waals surface area contributed by atoms with E-state index in [1.54, 1.807) is 11.8 Å². The second kappa shape index (κ2) is 17.1. The van der Waals surface area contributed by atoms with Crippen LogP contribution in [0.4, 0.5) is 4.79 Å². The van der Waals surface area contributed by atoms with Gasteiger partial charge in [-0.3, -0.25) is 0 Å². The van der Waals surface area contributed by atoms with Crippen LogP contribution in [0.3, 0.4) is 0 Å². The number of nitrogens with zero attached hydrogens (tertiary/aromatic N) is 3. The molecule has 1 aliphatic rings. The zero-order chi connectivity index (χ0) is 18.7. The largest absolute Gasteiger partial charge is 0.338 e. The lowest BCUT2D eigenvalue weighted by Gasteiger charge is -2.06. The molecule has 0 fully saturated rings. The number of amides is 2. The molecule has 0 aromatic heterocycles. The smallest absolute Gasteiger partial charge is 0.314 e. The normalized spacial score (nSPS) is 13.3. The molecule has 0 saturated carbocycles. The number of unbranched alkanes of at least 4 members (excludes halogenated alkanes) is 7. The molecule has 1 aliphatic heterocycles. The van der Waals surface area contributed by atoms with Crippen LogP contribution in [-0.2, 0) is 0 Å². The Balaban J connectivity index is 1.77. The summed E-state index contributed by atoms with van der Waals surface area (Å²) < 4.78 is 0. The number of urea groups is 1. The minimum absolute atomic E-state index is 0.0291. The predicted molar refractivity (Wildman–Crippen MR) is 112 cm³/mol. The first-order valence-corrected chi connectivity index (χ1v) is 11.0. The Bertz CT molecular complexity index is 451. The molecule has 0 aromatic carbocycles. The van der Waals surface area contributed by atoms with Gasteiger partial charge in [0, 0.05) is 13.1 Å². The van der Waals surface area contributed by atoms with E-state index in [2.05, 4.69) is 45.1 Å². The Labute approximate surface area is 162 Å². The van der Waals surface area contributed by atoms with Crippen molar-refractivity contribution in [1.29, 1.82) is 0 Å². The molecule has 0 unspecified atom stereocenters. The van der Waals surface area contributed by atoms with Gasteiger partial charge in [-0.2, -0.15) is 5.11 Å². The molecule has 0 saturated heterocycles. The number of carbonyl (C=O) groups excluding carboxylic acids is 1. The average molecular weight is 382 g/mol. The molecule has 0 radical (unpaired) electrons. The monoisotopic (exact) mass is 381 g/mol. The first kappa shape index (κ1) is 22.7. The maximum atomic E-state index is 11.5. The first-order chi connectivity index (χ1) is 12.8. The molecular weight excluding hydrogens is 346 g/mol. The Hall–Kier alpha value is -1.37. The van der Waals surface area contributed by atoms with E-state index in [0.717, 1.165) is 56.0 Å². The van der Waals surface area contributed by atoms with Gasteiger partial charge in [0.05, 0.1) is 0 Å². The van der Waals surface area contributed by atoms with Crippen molar-refractivity contribution in [2.45, 2.75) is 71.1 Å². The predicted octanol–water partition coefficient (Wildman–Crippen LogP) is 5.28. The number of thioether (sulfide) groups is 1. The molecule has 2 N–H and O–H groups in total. The summed E-state index contributed by atoms with van der Waals surface area (Å²) in [7, 11) is 0. The summed E-state index contributed by atoms with van der Waals surface area (Å²) in [5, 5.41) is 18.3. The van der Waals surface area contributed by atoms with Gasteiger partial charge in [-0.05, 0) is 55.9 Å². The molecule has 0 spiro atoms. The summed E-state index contributed by atoms with van der Waals surface area (Å²) in [6.07, 6.45) is 16.1. The van der Waals surface area contributed by atoms with Crippen LogP contribution in [0.25, 0.3) is 0 Å². The van der Waals surface area contributed by atoms with Crippen LogP contribution in [0.2, 0.25) is 0 Å². The van der Waals surface area contributed by atoms with Crippen molar-refractivity contribution in [1.82, 2.24) is 10.6 Å². The lowest BCUT2D eigenvalue weighted by molar-refractivity contribution is 0.240. The number of hydrogen-bond acceptors (Lipinski definition) is 5. The highest BCUT2D eigenvalue weighted by molar-refractivity contribution is 8.14. The van der Waals surface area contributed by atoms with Crippen molar-refractivity contribution in [3.8, 4) is 0 Å².